The van der Waals surface area contributed by atoms with E-state index in [4.69, 9.17) is 4.74 Å². The highest BCUT2D eigenvalue weighted by molar-refractivity contribution is 7.20. The van der Waals surface area contributed by atoms with Gasteiger partial charge in [-0.1, -0.05) is 12.1 Å². The van der Waals surface area contributed by atoms with Gasteiger partial charge >= 0.3 is 5.97 Å². The lowest BCUT2D eigenvalue weighted by atomic mass is 10.0. The molecule has 0 bridgehead atoms. The number of nitrogens with zero attached hydrogens (tertiary/aromatic N) is 1. The molecule has 140 valence electrons. The van der Waals surface area contributed by atoms with Crippen LogP contribution in [0.2, 0.25) is 0 Å². The smallest absolute Gasteiger partial charge is 0.341 e. The van der Waals surface area contributed by atoms with Crippen molar-refractivity contribution in [3.8, 4) is 0 Å². The summed E-state index contributed by atoms with van der Waals surface area (Å²) in [7, 11) is 2.13. The van der Waals surface area contributed by atoms with Gasteiger partial charge in [0.25, 0.3) is 5.91 Å². The van der Waals surface area contributed by atoms with Gasteiger partial charge in [0.1, 0.15) is 11.5 Å². The number of likely N-dealkylation sites (N-methyl/N-ethyl adjacent to an activating group) is 1. The third kappa shape index (κ3) is 3.47. The van der Waals surface area contributed by atoms with Crippen LogP contribution in [0.1, 0.15) is 37.5 Å². The van der Waals surface area contributed by atoms with Crippen molar-refractivity contribution < 1.29 is 19.2 Å². The van der Waals surface area contributed by atoms with Gasteiger partial charge in [-0.05, 0) is 24.6 Å². The first-order valence-corrected chi connectivity index (χ1v) is 10.5. The quantitative estimate of drug-likeness (QED) is 0.657. The molecule has 0 saturated carbocycles. The largest absolute Gasteiger partial charge is 0.462 e. The van der Waals surface area contributed by atoms with E-state index in [1.54, 1.807) is 6.92 Å². The van der Waals surface area contributed by atoms with E-state index in [1.165, 1.54) is 27.6 Å². The number of amides is 1. The van der Waals surface area contributed by atoms with E-state index in [-0.39, 0.29) is 11.9 Å². The molecule has 0 fully saturated rings. The van der Waals surface area contributed by atoms with Crippen LogP contribution in [-0.2, 0) is 17.7 Å². The monoisotopic (exact) mass is 402 g/mol. The number of rotatable bonds is 4. The van der Waals surface area contributed by atoms with Crippen LogP contribution in [0.5, 0.6) is 0 Å². The van der Waals surface area contributed by atoms with Crippen LogP contribution in [0.3, 0.4) is 0 Å². The van der Waals surface area contributed by atoms with Gasteiger partial charge in [-0.15, -0.1) is 22.7 Å². The number of ether oxygens (including phenoxy) is 1. The lowest BCUT2D eigenvalue weighted by Gasteiger charge is -2.19. The molecule has 2 N–H and O–H groups in total. The molecule has 1 atom stereocenters. The Bertz CT molecular complexity index is 992. The number of carbonyl (C=O) groups excluding carboxylic acids is 2. The molecule has 2 aromatic heterocycles. The van der Waals surface area contributed by atoms with Gasteiger partial charge in [-0.3, -0.25) is 4.79 Å². The molecule has 0 radical (unpaired) electrons. The first-order chi connectivity index (χ1) is 13.1. The fourth-order valence-corrected chi connectivity index (χ4v) is 5.46. The first-order valence-electron chi connectivity index (χ1n) is 8.86. The number of hydrogen-bond donors (Lipinski definition) is 2. The van der Waals surface area contributed by atoms with Gasteiger partial charge in [-0.2, -0.15) is 0 Å². The van der Waals surface area contributed by atoms with E-state index >= 15 is 0 Å². The lowest BCUT2D eigenvalue weighted by molar-refractivity contribution is -0.895. The Morgan fingerprint density at radius 2 is 2.11 bits per heavy atom. The number of hydrogen-bond acceptors (Lipinski definition) is 6. The minimum absolute atomic E-state index is 0.291. The molecule has 8 heteroatoms. The van der Waals surface area contributed by atoms with Crippen molar-refractivity contribution in [3.63, 3.8) is 0 Å². The molecular formula is C19H20N3O3S2+. The van der Waals surface area contributed by atoms with Crippen molar-refractivity contribution >= 4 is 49.8 Å². The van der Waals surface area contributed by atoms with Crippen molar-refractivity contribution in [2.75, 3.05) is 25.5 Å². The van der Waals surface area contributed by atoms with Gasteiger partial charge in [0, 0.05) is 6.42 Å². The van der Waals surface area contributed by atoms with Gasteiger partial charge in [-0.25, -0.2) is 9.78 Å². The third-order valence-electron chi connectivity index (χ3n) is 4.55. The molecule has 3 heterocycles. The van der Waals surface area contributed by atoms with E-state index in [0.717, 1.165) is 40.2 Å². The Labute approximate surface area is 164 Å². The second-order valence-electron chi connectivity index (χ2n) is 6.50. The molecule has 3 aromatic rings. The van der Waals surface area contributed by atoms with Crippen LogP contribution in [0.4, 0.5) is 5.00 Å². The average Bonchev–Trinajstić information content (AvgIpc) is 3.22. The van der Waals surface area contributed by atoms with E-state index in [0.29, 0.717) is 22.2 Å². The summed E-state index contributed by atoms with van der Waals surface area (Å²) in [6, 6.07) is 7.65. The Balaban J connectivity index is 1.68. The number of thiophene rings is 1. The number of thiazole rings is 1. The summed E-state index contributed by atoms with van der Waals surface area (Å²) in [5.74, 6) is -0.657. The van der Waals surface area contributed by atoms with Crippen molar-refractivity contribution in [3.05, 3.63) is 45.3 Å². The maximum absolute atomic E-state index is 12.8. The molecule has 1 aromatic carbocycles. The Kier molecular flexibility index (Phi) is 4.94. The number of aromatic nitrogens is 1. The summed E-state index contributed by atoms with van der Waals surface area (Å²) in [5.41, 5.74) is 2.33. The van der Waals surface area contributed by atoms with E-state index < -0.39 is 0 Å². The van der Waals surface area contributed by atoms with E-state index in [9.17, 15) is 9.59 Å². The standard InChI is InChI=1S/C19H19N3O3S2/c1-3-25-19(24)15-11-8-9-22(2)10-14(11)27-17(15)21-16(23)18-20-12-6-4-5-7-13(12)26-18/h4-7H,3,8-10H2,1-2H3,(H,21,23)/p+1. The van der Waals surface area contributed by atoms with Gasteiger partial charge in [0.15, 0.2) is 5.01 Å². The summed E-state index contributed by atoms with van der Waals surface area (Å²) >= 11 is 2.82. The van der Waals surface area contributed by atoms with Crippen molar-refractivity contribution in [2.45, 2.75) is 19.9 Å². The molecule has 27 heavy (non-hydrogen) atoms. The maximum Gasteiger partial charge on any atom is 0.341 e. The Morgan fingerprint density at radius 1 is 1.30 bits per heavy atom. The number of anilines is 1. The lowest BCUT2D eigenvalue weighted by Crippen LogP contribution is -3.08. The van der Waals surface area contributed by atoms with Crippen LogP contribution >= 0.6 is 22.7 Å². The molecule has 0 spiro atoms. The second-order valence-corrected chi connectivity index (χ2v) is 8.64. The number of fused-ring (bicyclic) bond motifs is 2. The second kappa shape index (κ2) is 7.38. The fourth-order valence-electron chi connectivity index (χ4n) is 3.25. The zero-order valence-electron chi connectivity index (χ0n) is 15.1. The van der Waals surface area contributed by atoms with E-state index in [1.807, 2.05) is 24.3 Å². The molecule has 1 aliphatic heterocycles. The molecule has 1 aliphatic rings. The number of carbonyl (C=O) groups is 2. The van der Waals surface area contributed by atoms with Crippen molar-refractivity contribution in [1.29, 1.82) is 0 Å². The fraction of sp³-hybridized carbons (Fsp3) is 0.316. The van der Waals surface area contributed by atoms with Gasteiger partial charge in [0.2, 0.25) is 0 Å². The van der Waals surface area contributed by atoms with Crippen LogP contribution in [0.25, 0.3) is 10.2 Å². The summed E-state index contributed by atoms with van der Waals surface area (Å²) in [6.07, 6.45) is 0.808. The number of benzene rings is 1. The highest BCUT2D eigenvalue weighted by Gasteiger charge is 2.30. The summed E-state index contributed by atoms with van der Waals surface area (Å²) in [5, 5.41) is 3.87. The zero-order valence-corrected chi connectivity index (χ0v) is 16.8. The number of nitrogens with one attached hydrogen (secondary N) is 2. The van der Waals surface area contributed by atoms with Crippen LogP contribution < -0.4 is 10.2 Å². The van der Waals surface area contributed by atoms with Crippen LogP contribution in [0, 0.1) is 0 Å². The minimum atomic E-state index is -0.367. The Morgan fingerprint density at radius 3 is 2.89 bits per heavy atom. The third-order valence-corrected chi connectivity index (χ3v) is 6.73. The SMILES string of the molecule is CCOC(=O)c1c(NC(=O)c2nc3ccccc3s2)sc2c1CC[NH+](C)C2. The minimum Gasteiger partial charge on any atom is -0.462 e. The summed E-state index contributed by atoms with van der Waals surface area (Å²) in [4.78, 5) is 32.3. The zero-order chi connectivity index (χ0) is 19.0. The van der Waals surface area contributed by atoms with Crippen LogP contribution in [-0.4, -0.2) is 37.1 Å². The first kappa shape index (κ1) is 18.1. The predicted octanol–water partition coefficient (Wildman–Crippen LogP) is 2.36. The summed E-state index contributed by atoms with van der Waals surface area (Å²) < 4.78 is 6.21. The number of esters is 1. The van der Waals surface area contributed by atoms with Crippen molar-refractivity contribution in [2.24, 2.45) is 0 Å². The highest BCUT2D eigenvalue weighted by Crippen LogP contribution is 2.36. The number of para-hydroxylation sites is 1. The van der Waals surface area contributed by atoms with Gasteiger partial charge in [0.05, 0.1) is 40.9 Å². The topological polar surface area (TPSA) is 72.7 Å². The molecule has 1 amide bonds. The molecule has 6 nitrogen and oxygen atoms in total. The average molecular weight is 403 g/mol. The Hall–Kier alpha value is -2.29. The van der Waals surface area contributed by atoms with Crippen molar-refractivity contribution in [1.82, 2.24) is 4.98 Å². The number of quaternary nitrogens is 1. The molecule has 0 aliphatic carbocycles. The highest BCUT2D eigenvalue weighted by atomic mass is 32.1. The normalized spacial score (nSPS) is 16.1. The van der Waals surface area contributed by atoms with Gasteiger partial charge < -0.3 is 15.0 Å². The maximum atomic E-state index is 12.8. The van der Waals surface area contributed by atoms with E-state index in [2.05, 4.69) is 17.3 Å². The van der Waals surface area contributed by atoms with Crippen LogP contribution in [0.15, 0.2) is 24.3 Å². The molecule has 4 rings (SSSR count). The predicted molar refractivity (Wildman–Crippen MR) is 107 cm³/mol. The molecule has 1 unspecified atom stereocenters. The summed E-state index contributed by atoms with van der Waals surface area (Å²) in [6.45, 7) is 3.90. The molecule has 0 saturated heterocycles. The molecular weight excluding hydrogens is 382 g/mol.